The highest BCUT2D eigenvalue weighted by atomic mass is 19.1. The molecule has 5 aliphatic heterocycles. The van der Waals surface area contributed by atoms with Gasteiger partial charge in [-0.2, -0.15) is 9.97 Å². The summed E-state index contributed by atoms with van der Waals surface area (Å²) in [6.45, 7) is 2.39. The fourth-order valence-electron chi connectivity index (χ4n) is 7.84. The summed E-state index contributed by atoms with van der Waals surface area (Å²) in [5, 5.41) is 14.8. The van der Waals surface area contributed by atoms with Crippen LogP contribution in [-0.2, 0) is 11.2 Å². The first kappa shape index (κ1) is 30.9. The number of alkyl halides is 1. The van der Waals surface area contributed by atoms with Crippen LogP contribution in [0.25, 0.3) is 22.2 Å². The predicted octanol–water partition coefficient (Wildman–Crippen LogP) is 4.07. The van der Waals surface area contributed by atoms with Crippen LogP contribution in [0.3, 0.4) is 0 Å². The standard InChI is InChI=1S/C33H40F3N7O3/c34-21-15-32(7-3-12-43(32)17-21)19-46-31-40-29-23-16-39-28(27(29)36)22-14-25(37)24(35)13-20(22)5-1-2-6-26(44)38-10-9-33(45)8-4-11-42(18-33)30(23)41-31/h13-14,16,21,45H,1-12,15,17-19,37H2,(H,38,44)/t21-,32+,33?/m1/s1. The van der Waals surface area contributed by atoms with Crippen LogP contribution in [0.15, 0.2) is 18.3 Å². The molecule has 4 N–H and O–H groups in total. The first-order valence-electron chi connectivity index (χ1n) is 16.3. The summed E-state index contributed by atoms with van der Waals surface area (Å²) in [4.78, 5) is 30.3. The summed E-state index contributed by atoms with van der Waals surface area (Å²) in [5.41, 5.74) is 5.07. The van der Waals surface area contributed by atoms with Gasteiger partial charge < -0.3 is 25.8 Å². The zero-order valence-corrected chi connectivity index (χ0v) is 25.8. The average Bonchev–Trinajstić information content (AvgIpc) is 3.55. The summed E-state index contributed by atoms with van der Waals surface area (Å²) in [5.74, 6) is -1.09. The third-order valence-electron chi connectivity index (χ3n) is 10.2. The Balaban J connectivity index is 1.34. The van der Waals surface area contributed by atoms with Gasteiger partial charge in [0.05, 0.1) is 22.2 Å². The maximum absolute atomic E-state index is 16.7. The number of aromatic nitrogens is 3. The van der Waals surface area contributed by atoms with E-state index < -0.39 is 28.9 Å². The van der Waals surface area contributed by atoms with Gasteiger partial charge in [-0.3, -0.25) is 14.7 Å². The van der Waals surface area contributed by atoms with E-state index in [4.69, 9.17) is 15.5 Å². The largest absolute Gasteiger partial charge is 0.461 e. The molecule has 6 bridgehead atoms. The summed E-state index contributed by atoms with van der Waals surface area (Å²) in [6.07, 6.45) is 5.96. The van der Waals surface area contributed by atoms with Gasteiger partial charge in [-0.25, -0.2) is 13.2 Å². The van der Waals surface area contributed by atoms with E-state index in [0.717, 1.165) is 19.4 Å². The van der Waals surface area contributed by atoms with Gasteiger partial charge in [0.2, 0.25) is 5.91 Å². The van der Waals surface area contributed by atoms with E-state index in [-0.39, 0.29) is 48.4 Å². The molecule has 0 radical (unpaired) electrons. The second kappa shape index (κ2) is 12.1. The monoisotopic (exact) mass is 639 g/mol. The molecule has 246 valence electrons. The SMILES string of the molecule is Nc1cc2c(cc1F)CCCCC(=O)NCCC1(O)CCCN(C1)c1nc(OC[C@@]34CCCN3C[C@H](F)C4)nc3c(F)c-2ncc13. The Morgan fingerprint density at radius 3 is 2.78 bits per heavy atom. The van der Waals surface area contributed by atoms with Gasteiger partial charge in [0.1, 0.15) is 35.6 Å². The van der Waals surface area contributed by atoms with Gasteiger partial charge in [-0.1, -0.05) is 0 Å². The number of aliphatic hydroxyl groups is 1. The number of pyridine rings is 1. The van der Waals surface area contributed by atoms with Crippen LogP contribution in [0.1, 0.15) is 63.4 Å². The van der Waals surface area contributed by atoms with Crippen molar-refractivity contribution in [2.24, 2.45) is 0 Å². The minimum Gasteiger partial charge on any atom is -0.461 e. The third kappa shape index (κ3) is 5.83. The number of halogens is 3. The van der Waals surface area contributed by atoms with Crippen molar-refractivity contribution in [3.63, 3.8) is 0 Å². The van der Waals surface area contributed by atoms with E-state index in [1.54, 1.807) is 0 Å². The number of carbonyl (C=O) groups excluding carboxylic acids is 1. The minimum absolute atomic E-state index is 0.0168. The molecule has 5 aliphatic rings. The van der Waals surface area contributed by atoms with E-state index in [0.29, 0.717) is 86.9 Å². The molecule has 3 aromatic rings. The van der Waals surface area contributed by atoms with Gasteiger partial charge in [-0.05, 0) is 75.6 Å². The lowest BCUT2D eigenvalue weighted by Gasteiger charge is -2.40. The molecule has 2 aromatic heterocycles. The molecular formula is C33H40F3N7O3. The second-order valence-electron chi connectivity index (χ2n) is 13.5. The number of amides is 1. The number of nitrogen functional groups attached to an aromatic ring is 1. The van der Waals surface area contributed by atoms with Crippen molar-refractivity contribution in [2.75, 3.05) is 50.0 Å². The van der Waals surface area contributed by atoms with Gasteiger partial charge in [-0.15, -0.1) is 0 Å². The van der Waals surface area contributed by atoms with Crippen molar-refractivity contribution < 1.29 is 27.8 Å². The van der Waals surface area contributed by atoms with E-state index in [1.165, 1.54) is 18.3 Å². The molecule has 0 saturated carbocycles. The molecule has 1 amide bonds. The number of nitrogens with one attached hydrogen (secondary N) is 1. The highest BCUT2D eigenvalue weighted by Gasteiger charge is 2.49. The average molecular weight is 640 g/mol. The van der Waals surface area contributed by atoms with Crippen LogP contribution in [0.5, 0.6) is 6.01 Å². The number of carbonyl (C=O) groups is 1. The highest BCUT2D eigenvalue weighted by molar-refractivity contribution is 5.92. The van der Waals surface area contributed by atoms with Gasteiger partial charge >= 0.3 is 6.01 Å². The lowest BCUT2D eigenvalue weighted by Crippen LogP contribution is -2.50. The number of hydrogen-bond donors (Lipinski definition) is 3. The van der Waals surface area contributed by atoms with Gasteiger partial charge in [0.15, 0.2) is 5.82 Å². The van der Waals surface area contributed by atoms with Crippen molar-refractivity contribution in [1.29, 1.82) is 0 Å². The molecule has 8 rings (SSSR count). The molecule has 7 heterocycles. The molecule has 1 aromatic carbocycles. The fourth-order valence-corrected chi connectivity index (χ4v) is 7.84. The van der Waals surface area contributed by atoms with E-state index >= 15 is 4.39 Å². The Hall–Kier alpha value is -3.71. The van der Waals surface area contributed by atoms with Crippen molar-refractivity contribution >= 4 is 28.3 Å². The Labute approximate surface area is 265 Å². The number of hydrogen-bond acceptors (Lipinski definition) is 9. The lowest BCUT2D eigenvalue weighted by atomic mass is 9.89. The molecule has 46 heavy (non-hydrogen) atoms. The molecule has 13 heteroatoms. The predicted molar refractivity (Wildman–Crippen MR) is 167 cm³/mol. The van der Waals surface area contributed by atoms with Crippen molar-refractivity contribution in [2.45, 2.75) is 81.5 Å². The number of rotatable bonds is 3. The van der Waals surface area contributed by atoms with Gasteiger partial charge in [0.25, 0.3) is 0 Å². The molecular weight excluding hydrogens is 599 g/mol. The maximum Gasteiger partial charge on any atom is 0.319 e. The Bertz CT molecular complexity index is 1660. The Morgan fingerprint density at radius 2 is 1.91 bits per heavy atom. The number of fused-ring (bicyclic) bond motifs is 9. The maximum atomic E-state index is 16.7. The summed E-state index contributed by atoms with van der Waals surface area (Å²) >= 11 is 0. The molecule has 3 atom stereocenters. The van der Waals surface area contributed by atoms with E-state index in [1.807, 2.05) is 4.90 Å². The molecule has 0 spiro atoms. The molecule has 0 aliphatic carbocycles. The van der Waals surface area contributed by atoms with E-state index in [9.17, 15) is 18.7 Å². The van der Waals surface area contributed by atoms with Crippen LogP contribution in [0.2, 0.25) is 0 Å². The third-order valence-corrected chi connectivity index (χ3v) is 10.2. The number of benzene rings is 1. The lowest BCUT2D eigenvalue weighted by molar-refractivity contribution is -0.121. The van der Waals surface area contributed by atoms with Gasteiger partial charge in [0, 0.05) is 50.8 Å². The molecule has 1 unspecified atom stereocenters. The Kier molecular flexibility index (Phi) is 8.16. The summed E-state index contributed by atoms with van der Waals surface area (Å²) in [6, 6.07) is 2.64. The fraction of sp³-hybridized carbons (Fsp3) is 0.576. The number of aryl methyl sites for hydroxylation is 1. The minimum atomic E-state index is -1.11. The van der Waals surface area contributed by atoms with Crippen molar-refractivity contribution in [3.8, 4) is 17.3 Å². The van der Waals surface area contributed by atoms with Crippen molar-refractivity contribution in [3.05, 3.63) is 35.5 Å². The first-order valence-corrected chi connectivity index (χ1v) is 16.3. The van der Waals surface area contributed by atoms with E-state index in [2.05, 4.69) is 20.2 Å². The van der Waals surface area contributed by atoms with Crippen LogP contribution in [0, 0.1) is 11.6 Å². The van der Waals surface area contributed by atoms with Crippen LogP contribution in [-0.4, -0.2) is 87.5 Å². The number of nitrogens with two attached hydrogens (primary N) is 1. The number of anilines is 2. The summed E-state index contributed by atoms with van der Waals surface area (Å²) < 4.78 is 52.0. The topological polar surface area (TPSA) is 130 Å². The smallest absolute Gasteiger partial charge is 0.319 e. The van der Waals surface area contributed by atoms with Crippen molar-refractivity contribution in [1.82, 2.24) is 25.2 Å². The van der Waals surface area contributed by atoms with Crippen LogP contribution in [0.4, 0.5) is 24.7 Å². The molecule has 3 fully saturated rings. The second-order valence-corrected chi connectivity index (χ2v) is 13.5. The number of ether oxygens (including phenoxy) is 1. The zero-order chi connectivity index (χ0) is 32.1. The normalized spacial score (nSPS) is 27.3. The number of piperidine rings is 1. The molecule has 3 saturated heterocycles. The first-order chi connectivity index (χ1) is 22.1. The molecule has 10 nitrogen and oxygen atoms in total. The zero-order valence-electron chi connectivity index (χ0n) is 25.8. The number of nitrogens with zero attached hydrogens (tertiary/aromatic N) is 5. The van der Waals surface area contributed by atoms with Crippen LogP contribution >= 0.6 is 0 Å². The highest BCUT2D eigenvalue weighted by Crippen LogP contribution is 2.41. The quantitative estimate of drug-likeness (QED) is 0.363. The van der Waals surface area contributed by atoms with Crippen LogP contribution < -0.4 is 20.7 Å². The Morgan fingerprint density at radius 1 is 1.09 bits per heavy atom. The summed E-state index contributed by atoms with van der Waals surface area (Å²) in [7, 11) is 0.